The molecule has 3 amide bonds. The van der Waals surface area contributed by atoms with Crippen LogP contribution in [0.1, 0.15) is 31.7 Å². The average Bonchev–Trinajstić information content (AvgIpc) is 3.24. The van der Waals surface area contributed by atoms with Crippen LogP contribution in [-0.4, -0.2) is 42.5 Å². The summed E-state index contributed by atoms with van der Waals surface area (Å²) in [4.78, 5) is 25.3. The van der Waals surface area contributed by atoms with E-state index in [2.05, 4.69) is 10.6 Å². The number of carbonyl (C=O) groups is 2. The molecule has 0 spiro atoms. The number of amides is 3. The largest absolute Gasteiger partial charge is 0.355 e. The molecule has 2 atom stereocenters. The Morgan fingerprint density at radius 3 is 2.68 bits per heavy atom. The van der Waals surface area contributed by atoms with Crippen LogP contribution in [-0.2, 0) is 4.79 Å². The maximum atomic E-state index is 12.2. The van der Waals surface area contributed by atoms with Crippen molar-refractivity contribution in [1.82, 2.24) is 15.5 Å². The van der Waals surface area contributed by atoms with Gasteiger partial charge in [0.25, 0.3) is 0 Å². The van der Waals surface area contributed by atoms with Crippen LogP contribution in [0.2, 0.25) is 5.02 Å². The minimum atomic E-state index is -0.201. The quantitative estimate of drug-likeness (QED) is 0.844. The van der Waals surface area contributed by atoms with Crippen molar-refractivity contribution in [1.29, 1.82) is 0 Å². The second-order valence-corrected chi connectivity index (χ2v) is 5.79. The van der Waals surface area contributed by atoms with Gasteiger partial charge in [0, 0.05) is 30.1 Å². The number of hydrogen-bond donors (Lipinski definition) is 2. The zero-order valence-corrected chi connectivity index (χ0v) is 13.7. The monoisotopic (exact) mass is 323 g/mol. The molecule has 6 heteroatoms. The van der Waals surface area contributed by atoms with Gasteiger partial charge in [-0.1, -0.05) is 29.8 Å². The Bertz CT molecular complexity index is 550. The fourth-order valence-corrected chi connectivity index (χ4v) is 2.75. The Morgan fingerprint density at radius 2 is 2.05 bits per heavy atom. The third-order valence-corrected chi connectivity index (χ3v) is 4.13. The van der Waals surface area contributed by atoms with Crippen LogP contribution in [0.15, 0.2) is 24.3 Å². The van der Waals surface area contributed by atoms with Crippen LogP contribution in [0.5, 0.6) is 0 Å². The third kappa shape index (κ3) is 4.13. The normalized spacial score (nSPS) is 19.4. The summed E-state index contributed by atoms with van der Waals surface area (Å²) in [6.07, 6.45) is 0.883. The van der Waals surface area contributed by atoms with E-state index in [1.165, 1.54) is 4.90 Å². The van der Waals surface area contributed by atoms with Crippen molar-refractivity contribution >= 4 is 23.5 Å². The molecule has 2 N–H and O–H groups in total. The van der Waals surface area contributed by atoms with Crippen LogP contribution in [0.3, 0.4) is 0 Å². The molecule has 0 aliphatic heterocycles. The SMILES string of the molecule is CCNC(=O)CN(CC)C(=O)N[C@@H]1C[C@@H]1c1ccccc1Cl. The molecule has 120 valence electrons. The molecule has 1 aromatic rings. The first-order chi connectivity index (χ1) is 10.6. The second-order valence-electron chi connectivity index (χ2n) is 5.39. The van der Waals surface area contributed by atoms with E-state index in [9.17, 15) is 9.59 Å². The minimum Gasteiger partial charge on any atom is -0.355 e. The van der Waals surface area contributed by atoms with Gasteiger partial charge in [-0.3, -0.25) is 4.79 Å². The molecule has 0 unspecified atom stereocenters. The number of hydrogen-bond acceptors (Lipinski definition) is 2. The standard InChI is InChI=1S/C16H22ClN3O2/c1-3-18-15(21)10-20(4-2)16(22)19-14-9-12(14)11-7-5-6-8-13(11)17/h5-8,12,14H,3-4,9-10H2,1-2H3,(H,18,21)(H,19,22)/t12-,14-/m1/s1. The molecule has 22 heavy (non-hydrogen) atoms. The zero-order valence-electron chi connectivity index (χ0n) is 12.9. The predicted octanol–water partition coefficient (Wildman–Crippen LogP) is 2.36. The number of urea groups is 1. The van der Waals surface area contributed by atoms with Gasteiger partial charge in [-0.05, 0) is 31.9 Å². The maximum absolute atomic E-state index is 12.2. The number of halogens is 1. The van der Waals surface area contributed by atoms with Crippen molar-refractivity contribution < 1.29 is 9.59 Å². The number of nitrogens with zero attached hydrogens (tertiary/aromatic N) is 1. The number of benzene rings is 1. The van der Waals surface area contributed by atoms with Crippen LogP contribution in [0.25, 0.3) is 0 Å². The van der Waals surface area contributed by atoms with Gasteiger partial charge in [0.1, 0.15) is 6.54 Å². The Kier molecular flexibility index (Phi) is 5.66. The fraction of sp³-hybridized carbons (Fsp3) is 0.500. The summed E-state index contributed by atoms with van der Waals surface area (Å²) in [6.45, 7) is 4.85. The summed E-state index contributed by atoms with van der Waals surface area (Å²) in [6, 6.07) is 7.59. The van der Waals surface area contributed by atoms with Gasteiger partial charge < -0.3 is 15.5 Å². The van der Waals surface area contributed by atoms with E-state index in [1.54, 1.807) is 0 Å². The minimum absolute atomic E-state index is 0.0830. The first-order valence-electron chi connectivity index (χ1n) is 7.63. The van der Waals surface area contributed by atoms with Gasteiger partial charge in [0.2, 0.25) is 5.91 Å². The van der Waals surface area contributed by atoms with E-state index in [0.29, 0.717) is 13.1 Å². The molecule has 0 heterocycles. The van der Waals surface area contributed by atoms with Crippen molar-refractivity contribution in [3.8, 4) is 0 Å². The van der Waals surface area contributed by atoms with E-state index in [0.717, 1.165) is 17.0 Å². The zero-order chi connectivity index (χ0) is 16.1. The number of nitrogens with one attached hydrogen (secondary N) is 2. The highest BCUT2D eigenvalue weighted by molar-refractivity contribution is 6.31. The lowest BCUT2D eigenvalue weighted by Crippen LogP contribution is -2.46. The molecule has 1 fully saturated rings. The molecule has 1 aliphatic rings. The molecule has 5 nitrogen and oxygen atoms in total. The highest BCUT2D eigenvalue weighted by Gasteiger charge is 2.41. The second kappa shape index (κ2) is 7.49. The smallest absolute Gasteiger partial charge is 0.318 e. The van der Waals surface area contributed by atoms with Crippen LogP contribution >= 0.6 is 11.6 Å². The summed E-state index contributed by atoms with van der Waals surface area (Å²) in [5.41, 5.74) is 1.07. The summed E-state index contributed by atoms with van der Waals surface area (Å²) in [7, 11) is 0. The topological polar surface area (TPSA) is 61.4 Å². The number of carbonyl (C=O) groups excluding carboxylic acids is 2. The lowest BCUT2D eigenvalue weighted by atomic mass is 10.1. The van der Waals surface area contributed by atoms with Gasteiger partial charge in [-0.2, -0.15) is 0 Å². The molecule has 2 rings (SSSR count). The van der Waals surface area contributed by atoms with Gasteiger partial charge in [0.05, 0.1) is 0 Å². The summed E-state index contributed by atoms with van der Waals surface area (Å²) >= 11 is 6.18. The Balaban J connectivity index is 1.87. The van der Waals surface area contributed by atoms with Crippen molar-refractivity contribution in [3.63, 3.8) is 0 Å². The van der Waals surface area contributed by atoms with Crippen molar-refractivity contribution in [2.45, 2.75) is 32.2 Å². The third-order valence-electron chi connectivity index (χ3n) is 3.78. The molecular weight excluding hydrogens is 302 g/mol. The maximum Gasteiger partial charge on any atom is 0.318 e. The lowest BCUT2D eigenvalue weighted by Gasteiger charge is -2.21. The highest BCUT2D eigenvalue weighted by Crippen LogP contribution is 2.43. The first kappa shape index (κ1) is 16.6. The molecule has 1 aromatic carbocycles. The fourth-order valence-electron chi connectivity index (χ4n) is 2.48. The van der Waals surface area contributed by atoms with Gasteiger partial charge in [0.15, 0.2) is 0 Å². The lowest BCUT2D eigenvalue weighted by molar-refractivity contribution is -0.121. The van der Waals surface area contributed by atoms with Gasteiger partial charge in [-0.25, -0.2) is 4.79 Å². The summed E-state index contributed by atoms with van der Waals surface area (Å²) in [5, 5.41) is 6.41. The first-order valence-corrected chi connectivity index (χ1v) is 8.01. The molecule has 0 aromatic heterocycles. The Labute approximate surface area is 136 Å². The molecular formula is C16H22ClN3O2. The summed E-state index contributed by atoms with van der Waals surface area (Å²) in [5.74, 6) is 0.124. The van der Waals surface area contributed by atoms with Gasteiger partial charge >= 0.3 is 6.03 Å². The molecule has 1 aliphatic carbocycles. The van der Waals surface area contributed by atoms with Crippen molar-refractivity contribution in [3.05, 3.63) is 34.9 Å². The van der Waals surface area contributed by atoms with Crippen LogP contribution < -0.4 is 10.6 Å². The van der Waals surface area contributed by atoms with E-state index in [-0.39, 0.29) is 30.4 Å². The van der Waals surface area contributed by atoms with E-state index in [4.69, 9.17) is 11.6 Å². The average molecular weight is 324 g/mol. The van der Waals surface area contributed by atoms with Crippen LogP contribution in [0.4, 0.5) is 4.79 Å². The highest BCUT2D eigenvalue weighted by atomic mass is 35.5. The molecule has 0 bridgehead atoms. The molecule has 1 saturated carbocycles. The summed E-state index contributed by atoms with van der Waals surface area (Å²) < 4.78 is 0. The van der Waals surface area contributed by atoms with Crippen LogP contribution in [0, 0.1) is 0 Å². The Morgan fingerprint density at radius 1 is 1.32 bits per heavy atom. The molecule has 0 saturated heterocycles. The van der Waals surface area contributed by atoms with E-state index >= 15 is 0 Å². The molecule has 0 radical (unpaired) electrons. The Hall–Kier alpha value is -1.75. The predicted molar refractivity (Wildman–Crippen MR) is 87.1 cm³/mol. The van der Waals surface area contributed by atoms with Crippen molar-refractivity contribution in [2.24, 2.45) is 0 Å². The number of rotatable bonds is 6. The van der Waals surface area contributed by atoms with E-state index < -0.39 is 0 Å². The van der Waals surface area contributed by atoms with E-state index in [1.807, 2.05) is 38.1 Å². The number of likely N-dealkylation sites (N-methyl/N-ethyl adjacent to an activating group) is 2. The van der Waals surface area contributed by atoms with Crippen molar-refractivity contribution in [2.75, 3.05) is 19.6 Å². The van der Waals surface area contributed by atoms with Gasteiger partial charge in [-0.15, -0.1) is 0 Å².